The minimum Gasteiger partial charge on any atom is -0.504 e. The van der Waals surface area contributed by atoms with Gasteiger partial charge in [-0.1, -0.05) is 18.1 Å². The van der Waals surface area contributed by atoms with E-state index in [1.807, 2.05) is 28.7 Å². The molecule has 9 nitrogen and oxygen atoms in total. The van der Waals surface area contributed by atoms with Gasteiger partial charge in [0.2, 0.25) is 11.8 Å². The minimum absolute atomic E-state index is 0.0321. The molecular formula is C29H27BrINO8. The van der Waals surface area contributed by atoms with E-state index in [4.69, 9.17) is 9.84 Å². The normalized spacial score (nSPS) is 25.8. The lowest BCUT2D eigenvalue weighted by molar-refractivity contribution is -0.141. The number of fused-ring (bicyclic) bond motifs is 3. The number of hydrogen-bond donors (Lipinski definition) is 2. The van der Waals surface area contributed by atoms with Gasteiger partial charge in [0, 0.05) is 36.1 Å². The quantitative estimate of drug-likeness (QED) is 0.132. The number of ketones is 2. The van der Waals surface area contributed by atoms with Crippen molar-refractivity contribution in [3.8, 4) is 11.5 Å². The third-order valence-corrected chi connectivity index (χ3v) is 9.71. The van der Waals surface area contributed by atoms with Gasteiger partial charge in [-0.3, -0.25) is 28.9 Å². The third-order valence-electron chi connectivity index (χ3n) is 8.30. The van der Waals surface area contributed by atoms with E-state index in [0.29, 0.717) is 46.0 Å². The molecule has 3 aliphatic carbocycles. The molecule has 210 valence electrons. The number of allylic oxidation sites excluding steroid dienone is 6. The van der Waals surface area contributed by atoms with Crippen LogP contribution in [0, 0.1) is 21.3 Å². The van der Waals surface area contributed by atoms with Crippen LogP contribution >= 0.6 is 38.5 Å². The Balaban J connectivity index is 1.53. The number of likely N-dealkylation sites (tertiary alicyclic amines) is 1. The highest BCUT2D eigenvalue weighted by atomic mass is 127. The lowest BCUT2D eigenvalue weighted by atomic mass is 9.59. The number of carbonyl (C=O) groups is 5. The summed E-state index contributed by atoms with van der Waals surface area (Å²) in [5, 5.41) is 19.3. The van der Waals surface area contributed by atoms with E-state index in [2.05, 4.69) is 15.9 Å². The van der Waals surface area contributed by atoms with Crippen molar-refractivity contribution in [2.45, 2.75) is 44.4 Å². The zero-order valence-electron chi connectivity index (χ0n) is 21.6. The van der Waals surface area contributed by atoms with Crippen molar-refractivity contribution in [3.63, 3.8) is 0 Å². The molecule has 0 spiro atoms. The van der Waals surface area contributed by atoms with Crippen LogP contribution in [0.15, 0.2) is 45.5 Å². The number of phenolic OH excluding ortho intramolecular Hbond substituents is 1. The van der Waals surface area contributed by atoms with Crippen LogP contribution in [0.25, 0.3) is 0 Å². The number of phenols is 1. The van der Waals surface area contributed by atoms with Gasteiger partial charge in [-0.05, 0) is 87.8 Å². The molecule has 0 bridgehead atoms. The molecule has 4 unspecified atom stereocenters. The molecule has 0 saturated carbocycles. The molecule has 1 aliphatic heterocycles. The van der Waals surface area contributed by atoms with E-state index in [0.717, 1.165) is 5.57 Å². The van der Waals surface area contributed by atoms with Crippen molar-refractivity contribution in [3.05, 3.63) is 54.6 Å². The predicted octanol–water partition coefficient (Wildman–Crippen LogP) is 4.41. The first kappa shape index (κ1) is 28.7. The van der Waals surface area contributed by atoms with Crippen molar-refractivity contribution in [1.82, 2.24) is 4.90 Å². The van der Waals surface area contributed by atoms with Gasteiger partial charge in [0.15, 0.2) is 23.1 Å². The molecule has 0 radical (unpaired) electrons. The first-order valence-corrected chi connectivity index (χ1v) is 14.9. The average Bonchev–Trinajstić information content (AvgIpc) is 3.16. The summed E-state index contributed by atoms with van der Waals surface area (Å²) in [7, 11) is 1.43. The number of benzene rings is 1. The van der Waals surface area contributed by atoms with Crippen LogP contribution in [-0.4, -0.2) is 58.1 Å². The Morgan fingerprint density at radius 2 is 1.88 bits per heavy atom. The van der Waals surface area contributed by atoms with Crippen LogP contribution in [0.5, 0.6) is 11.5 Å². The van der Waals surface area contributed by atoms with Crippen LogP contribution in [0.2, 0.25) is 0 Å². The fourth-order valence-electron chi connectivity index (χ4n) is 6.51. The molecule has 1 fully saturated rings. The number of halogens is 2. The van der Waals surface area contributed by atoms with Gasteiger partial charge in [-0.2, -0.15) is 0 Å². The number of amides is 2. The zero-order chi connectivity index (χ0) is 28.9. The van der Waals surface area contributed by atoms with Crippen LogP contribution in [0.1, 0.15) is 50.0 Å². The number of carboxylic acids is 1. The van der Waals surface area contributed by atoms with Gasteiger partial charge in [-0.25, -0.2) is 0 Å². The summed E-state index contributed by atoms with van der Waals surface area (Å²) < 4.78 is 6.05. The molecule has 1 saturated heterocycles. The minimum atomic E-state index is -0.878. The molecule has 11 heteroatoms. The Hall–Kier alpha value is -2.80. The second kappa shape index (κ2) is 11.2. The predicted molar refractivity (Wildman–Crippen MR) is 155 cm³/mol. The summed E-state index contributed by atoms with van der Waals surface area (Å²) in [5.41, 5.74) is 2.16. The first-order valence-electron chi connectivity index (χ1n) is 13.1. The smallest absolute Gasteiger partial charge is 0.303 e. The second-order valence-electron chi connectivity index (χ2n) is 10.5. The number of rotatable bonds is 8. The number of ether oxygens (including phenoxy) is 1. The maximum absolute atomic E-state index is 13.7. The van der Waals surface area contributed by atoms with Crippen LogP contribution in [0.3, 0.4) is 0 Å². The lowest BCUT2D eigenvalue weighted by Gasteiger charge is -2.42. The number of carboxylic acid groups (broad SMARTS) is 1. The van der Waals surface area contributed by atoms with Crippen molar-refractivity contribution in [1.29, 1.82) is 0 Å². The number of aromatic hydroxyl groups is 1. The molecule has 1 heterocycles. The number of imide groups is 1. The Morgan fingerprint density at radius 3 is 2.58 bits per heavy atom. The number of nitrogens with zero attached hydrogens (tertiary/aromatic N) is 1. The molecule has 2 amide bonds. The van der Waals surface area contributed by atoms with Crippen molar-refractivity contribution in [2.75, 3.05) is 13.7 Å². The Labute approximate surface area is 252 Å². The zero-order valence-corrected chi connectivity index (χ0v) is 25.4. The van der Waals surface area contributed by atoms with E-state index in [-0.39, 0.29) is 58.7 Å². The van der Waals surface area contributed by atoms with Gasteiger partial charge >= 0.3 is 5.97 Å². The largest absolute Gasteiger partial charge is 0.504 e. The Kier molecular flexibility index (Phi) is 8.06. The third kappa shape index (κ3) is 4.84. The van der Waals surface area contributed by atoms with Crippen LogP contribution in [0.4, 0.5) is 0 Å². The van der Waals surface area contributed by atoms with E-state index < -0.39 is 29.6 Å². The summed E-state index contributed by atoms with van der Waals surface area (Å²) in [6.07, 6.45) is 5.34. The summed E-state index contributed by atoms with van der Waals surface area (Å²) in [6, 6.07) is 3.40. The SMILES string of the molecule is COc1cc(C2C3=CCC4C(=O)N(CCCCCC(=O)O)C(=O)C4C3CC3=C2C(=O)C=C(Br)C3=O)cc(I)c1O. The lowest BCUT2D eigenvalue weighted by Crippen LogP contribution is -2.39. The van der Waals surface area contributed by atoms with Gasteiger partial charge in [0.1, 0.15) is 0 Å². The second-order valence-corrected chi connectivity index (χ2v) is 12.5. The maximum Gasteiger partial charge on any atom is 0.303 e. The number of carbonyl (C=O) groups excluding carboxylic acids is 4. The van der Waals surface area contributed by atoms with E-state index in [1.165, 1.54) is 18.1 Å². The average molecular weight is 724 g/mol. The van der Waals surface area contributed by atoms with Crippen molar-refractivity contribution < 1.29 is 38.9 Å². The highest BCUT2D eigenvalue weighted by molar-refractivity contribution is 14.1. The van der Waals surface area contributed by atoms with Gasteiger partial charge < -0.3 is 14.9 Å². The van der Waals surface area contributed by atoms with Gasteiger partial charge in [0.25, 0.3) is 0 Å². The first-order chi connectivity index (χ1) is 19.0. The molecule has 5 rings (SSSR count). The topological polar surface area (TPSA) is 138 Å². The molecule has 40 heavy (non-hydrogen) atoms. The molecule has 0 aromatic heterocycles. The number of unbranched alkanes of at least 4 members (excludes halogenated alkanes) is 2. The summed E-state index contributed by atoms with van der Waals surface area (Å²) in [4.78, 5) is 65.9. The van der Waals surface area contributed by atoms with E-state index in [1.54, 1.807) is 12.1 Å². The Bertz CT molecular complexity index is 1440. The molecular weight excluding hydrogens is 697 g/mol. The number of Topliss-reactive ketones (excluding diaryl/α,β-unsaturated/α-hetero) is 1. The van der Waals surface area contributed by atoms with E-state index in [9.17, 15) is 29.1 Å². The summed E-state index contributed by atoms with van der Waals surface area (Å²) in [6.45, 7) is 0.225. The van der Waals surface area contributed by atoms with E-state index >= 15 is 0 Å². The highest BCUT2D eigenvalue weighted by Gasteiger charge is 2.56. The number of aliphatic carboxylic acids is 1. The Morgan fingerprint density at radius 1 is 1.12 bits per heavy atom. The molecule has 1 aromatic carbocycles. The van der Waals surface area contributed by atoms with Gasteiger partial charge in [0.05, 0.1) is 27.0 Å². The highest BCUT2D eigenvalue weighted by Crippen LogP contribution is 2.56. The maximum atomic E-state index is 13.7. The molecule has 1 aromatic rings. The standard InChI is InChI=1S/C29H27BrINO8/c1-40-21-10-13(9-19(31)27(21)37)23-14-6-7-15-24(16(14)11-17-25(23)20(33)12-18(30)26(17)36)29(39)32(28(15)38)8-4-2-3-5-22(34)35/h6,9-10,12,15-16,23-24,37H,2-5,7-8,11H2,1H3,(H,34,35). The number of methoxy groups -OCH3 is 1. The number of hydrogen-bond acceptors (Lipinski definition) is 7. The fraction of sp³-hybridized carbons (Fsp3) is 0.414. The monoisotopic (exact) mass is 723 g/mol. The van der Waals surface area contributed by atoms with Crippen molar-refractivity contribution >= 4 is 67.9 Å². The summed E-state index contributed by atoms with van der Waals surface area (Å²) in [5.74, 6) is -4.12. The van der Waals surface area contributed by atoms with Crippen LogP contribution < -0.4 is 4.74 Å². The molecule has 4 aliphatic rings. The molecule has 2 N–H and O–H groups in total. The van der Waals surface area contributed by atoms with Gasteiger partial charge in [-0.15, -0.1) is 0 Å². The van der Waals surface area contributed by atoms with Crippen molar-refractivity contribution in [2.24, 2.45) is 17.8 Å². The van der Waals surface area contributed by atoms with Crippen LogP contribution in [-0.2, 0) is 24.0 Å². The fourth-order valence-corrected chi connectivity index (χ4v) is 7.58. The summed E-state index contributed by atoms with van der Waals surface area (Å²) >= 11 is 5.21. The molecule has 4 atom stereocenters.